The molecule has 0 bridgehead atoms. The van der Waals surface area contributed by atoms with Crippen LogP contribution in [-0.4, -0.2) is 19.0 Å². The highest BCUT2D eigenvalue weighted by Gasteiger charge is 2.44. The summed E-state index contributed by atoms with van der Waals surface area (Å²) in [6.07, 6.45) is 6.89. The van der Waals surface area contributed by atoms with Crippen molar-refractivity contribution < 1.29 is 0 Å². The molecule has 0 aromatic rings. The van der Waals surface area contributed by atoms with Gasteiger partial charge in [0.2, 0.25) is 0 Å². The molecule has 0 aromatic carbocycles. The van der Waals surface area contributed by atoms with Gasteiger partial charge in [-0.3, -0.25) is 4.99 Å². The van der Waals surface area contributed by atoms with E-state index in [1.165, 1.54) is 25.7 Å². The van der Waals surface area contributed by atoms with Crippen LogP contribution in [0, 0.1) is 17.8 Å². The van der Waals surface area contributed by atoms with Crippen LogP contribution in [-0.2, 0) is 0 Å². The molecule has 4 heteroatoms. The van der Waals surface area contributed by atoms with Gasteiger partial charge in [0, 0.05) is 13.1 Å². The van der Waals surface area contributed by atoms with E-state index in [9.17, 15) is 0 Å². The molecule has 16 heavy (non-hydrogen) atoms. The van der Waals surface area contributed by atoms with Crippen LogP contribution in [0.4, 0.5) is 0 Å². The Bertz CT molecular complexity index is 238. The maximum atomic E-state index is 5.74. The van der Waals surface area contributed by atoms with Crippen molar-refractivity contribution in [3.05, 3.63) is 0 Å². The van der Waals surface area contributed by atoms with Gasteiger partial charge in [0.1, 0.15) is 0 Å². The average molecular weight is 337 g/mol. The van der Waals surface area contributed by atoms with E-state index < -0.39 is 0 Å². The molecule has 2 rings (SSSR count). The van der Waals surface area contributed by atoms with Crippen LogP contribution in [0.5, 0.6) is 0 Å². The molecule has 2 saturated carbocycles. The minimum absolute atomic E-state index is 0. The summed E-state index contributed by atoms with van der Waals surface area (Å²) in [6, 6.07) is 0. The second-order valence-corrected chi connectivity index (χ2v) is 5.00. The molecule has 2 atom stereocenters. The third-order valence-corrected chi connectivity index (χ3v) is 3.78. The maximum Gasteiger partial charge on any atom is 0.188 e. The molecule has 94 valence electrons. The number of hydrogen-bond acceptors (Lipinski definition) is 1. The molecule has 3 N–H and O–H groups in total. The van der Waals surface area contributed by atoms with Crippen LogP contribution in [0.25, 0.3) is 0 Å². The Balaban J connectivity index is 0.00000128. The summed E-state index contributed by atoms with van der Waals surface area (Å²) in [5, 5.41) is 3.12. The van der Waals surface area contributed by atoms with Gasteiger partial charge in [0.05, 0.1) is 0 Å². The summed E-state index contributed by atoms with van der Waals surface area (Å²) < 4.78 is 0. The first kappa shape index (κ1) is 14.1. The first-order valence-corrected chi connectivity index (χ1v) is 6.35. The molecule has 0 radical (unpaired) electrons. The second kappa shape index (κ2) is 6.67. The highest BCUT2D eigenvalue weighted by Crippen LogP contribution is 2.51. The first-order valence-electron chi connectivity index (χ1n) is 6.35. The number of nitrogens with two attached hydrogens (primary N) is 1. The lowest BCUT2D eigenvalue weighted by Gasteiger charge is -2.25. The van der Waals surface area contributed by atoms with Crippen LogP contribution in [0.15, 0.2) is 4.99 Å². The molecule has 2 aliphatic rings. The fourth-order valence-corrected chi connectivity index (χ4v) is 2.45. The number of guanidine groups is 1. The highest BCUT2D eigenvalue weighted by atomic mass is 127. The lowest BCUT2D eigenvalue weighted by molar-refractivity contribution is 0.266. The number of aliphatic imine (C=N–C) groups is 1. The summed E-state index contributed by atoms with van der Waals surface area (Å²) in [6.45, 7) is 4.02. The minimum Gasteiger partial charge on any atom is -0.370 e. The van der Waals surface area contributed by atoms with Gasteiger partial charge in [-0.05, 0) is 30.6 Å². The van der Waals surface area contributed by atoms with Crippen molar-refractivity contribution in [2.24, 2.45) is 28.5 Å². The zero-order valence-electron chi connectivity index (χ0n) is 10.1. The molecule has 2 fully saturated rings. The summed E-state index contributed by atoms with van der Waals surface area (Å²) in [5.41, 5.74) is 5.74. The Morgan fingerprint density at radius 2 is 2.19 bits per heavy atom. The number of rotatable bonds is 5. The lowest BCUT2D eigenvalue weighted by atomic mass is 9.81. The molecule has 0 heterocycles. The smallest absolute Gasteiger partial charge is 0.188 e. The molecule has 0 spiro atoms. The average Bonchev–Trinajstić information content (AvgIpc) is 2.88. The highest BCUT2D eigenvalue weighted by molar-refractivity contribution is 14.0. The molecular weight excluding hydrogens is 313 g/mol. The zero-order chi connectivity index (χ0) is 10.7. The predicted molar refractivity (Wildman–Crippen MR) is 79.1 cm³/mol. The van der Waals surface area contributed by atoms with E-state index in [0.717, 1.165) is 37.3 Å². The summed E-state index contributed by atoms with van der Waals surface area (Å²) >= 11 is 0. The second-order valence-electron chi connectivity index (χ2n) is 5.00. The third kappa shape index (κ3) is 3.79. The number of hydrogen-bond donors (Lipinski definition) is 2. The molecule has 3 nitrogen and oxygen atoms in total. The van der Waals surface area contributed by atoms with E-state index >= 15 is 0 Å². The van der Waals surface area contributed by atoms with Gasteiger partial charge in [-0.15, -0.1) is 24.0 Å². The SMILES string of the molecule is CCCNC(N)=NC[C@@H]1C[C@H]1C1CCC1.I. The van der Waals surface area contributed by atoms with Crippen LogP contribution < -0.4 is 11.1 Å². The molecule has 0 amide bonds. The minimum atomic E-state index is 0. The molecule has 0 saturated heterocycles. The van der Waals surface area contributed by atoms with Crippen molar-refractivity contribution in [2.75, 3.05) is 13.1 Å². The fraction of sp³-hybridized carbons (Fsp3) is 0.917. The van der Waals surface area contributed by atoms with E-state index in [1.54, 1.807) is 0 Å². The lowest BCUT2D eigenvalue weighted by Crippen LogP contribution is -2.32. The van der Waals surface area contributed by atoms with Crippen LogP contribution in [0.1, 0.15) is 39.0 Å². The number of nitrogens with one attached hydrogen (secondary N) is 1. The van der Waals surface area contributed by atoms with Gasteiger partial charge in [-0.25, -0.2) is 0 Å². The molecular formula is C12H24IN3. The van der Waals surface area contributed by atoms with E-state index in [4.69, 9.17) is 5.73 Å². The first-order chi connectivity index (χ1) is 7.31. The van der Waals surface area contributed by atoms with Gasteiger partial charge >= 0.3 is 0 Å². The van der Waals surface area contributed by atoms with Crippen LogP contribution in [0.2, 0.25) is 0 Å². The normalized spacial score (nSPS) is 29.2. The predicted octanol–water partition coefficient (Wildman–Crippen LogP) is 2.35. The van der Waals surface area contributed by atoms with Crippen molar-refractivity contribution in [1.29, 1.82) is 0 Å². The Hall–Kier alpha value is 0. The topological polar surface area (TPSA) is 50.4 Å². The zero-order valence-corrected chi connectivity index (χ0v) is 12.4. The summed E-state index contributed by atoms with van der Waals surface area (Å²) in [4.78, 5) is 4.40. The van der Waals surface area contributed by atoms with Crippen LogP contribution >= 0.6 is 24.0 Å². The third-order valence-electron chi connectivity index (χ3n) is 3.78. The van der Waals surface area contributed by atoms with Gasteiger partial charge in [-0.1, -0.05) is 26.2 Å². The van der Waals surface area contributed by atoms with Gasteiger partial charge in [0.25, 0.3) is 0 Å². The van der Waals surface area contributed by atoms with Crippen molar-refractivity contribution in [2.45, 2.75) is 39.0 Å². The summed E-state index contributed by atoms with van der Waals surface area (Å²) in [7, 11) is 0. The molecule has 0 aliphatic heterocycles. The van der Waals surface area contributed by atoms with Gasteiger partial charge in [-0.2, -0.15) is 0 Å². The largest absolute Gasteiger partial charge is 0.370 e. The van der Waals surface area contributed by atoms with Crippen molar-refractivity contribution in [3.8, 4) is 0 Å². The number of nitrogens with zero attached hydrogens (tertiary/aromatic N) is 1. The Morgan fingerprint density at radius 1 is 1.44 bits per heavy atom. The van der Waals surface area contributed by atoms with Gasteiger partial charge < -0.3 is 11.1 Å². The summed E-state index contributed by atoms with van der Waals surface area (Å²) in [5.74, 6) is 3.50. The molecule has 0 unspecified atom stereocenters. The molecule has 2 aliphatic carbocycles. The maximum absolute atomic E-state index is 5.74. The Kier molecular flexibility index (Phi) is 5.86. The Morgan fingerprint density at radius 3 is 2.75 bits per heavy atom. The monoisotopic (exact) mass is 337 g/mol. The van der Waals surface area contributed by atoms with E-state index in [2.05, 4.69) is 17.2 Å². The quantitative estimate of drug-likeness (QED) is 0.460. The van der Waals surface area contributed by atoms with Crippen molar-refractivity contribution >= 4 is 29.9 Å². The Labute approximate surface area is 116 Å². The number of halogens is 1. The van der Waals surface area contributed by atoms with Crippen molar-refractivity contribution in [3.63, 3.8) is 0 Å². The standard InChI is InChI=1S/C12H23N3.HI/c1-2-6-14-12(13)15-8-10-7-11(10)9-4-3-5-9;/h9-11H,2-8H2,1H3,(H3,13,14,15);1H/t10-,11-;/m0./s1. The van der Waals surface area contributed by atoms with Crippen molar-refractivity contribution in [1.82, 2.24) is 5.32 Å². The fourth-order valence-electron chi connectivity index (χ4n) is 2.45. The molecule has 0 aromatic heterocycles. The van der Waals surface area contributed by atoms with E-state index in [-0.39, 0.29) is 24.0 Å². The van der Waals surface area contributed by atoms with E-state index in [0.29, 0.717) is 5.96 Å². The van der Waals surface area contributed by atoms with Gasteiger partial charge in [0.15, 0.2) is 5.96 Å². The van der Waals surface area contributed by atoms with E-state index in [1.807, 2.05) is 0 Å². The van der Waals surface area contributed by atoms with Crippen LogP contribution in [0.3, 0.4) is 0 Å².